The number of nitrogens with one attached hydrogen (secondary N) is 1. The van der Waals surface area contributed by atoms with Crippen molar-refractivity contribution in [3.63, 3.8) is 0 Å². The number of aryl methyl sites for hydroxylation is 2. The zero-order valence-electron chi connectivity index (χ0n) is 14.7. The van der Waals surface area contributed by atoms with Crippen molar-refractivity contribution in [2.75, 3.05) is 11.9 Å². The molecule has 2 heterocycles. The number of nitrogens with zero attached hydrogens (tertiary/aromatic N) is 2. The van der Waals surface area contributed by atoms with Gasteiger partial charge in [0.1, 0.15) is 11.2 Å². The number of ether oxygens (including phenoxy) is 1. The Hall–Kier alpha value is -2.68. The number of thiophene rings is 1. The normalized spacial score (nSPS) is 14.0. The highest BCUT2D eigenvalue weighted by molar-refractivity contribution is 7.18. The molecule has 28 heavy (non-hydrogen) atoms. The van der Waals surface area contributed by atoms with Crippen LogP contribution in [0.5, 0.6) is 5.88 Å². The Morgan fingerprint density at radius 1 is 1.18 bits per heavy atom. The number of hydrogen-bond acceptors (Lipinski definition) is 5. The molecule has 0 radical (unpaired) electrons. The van der Waals surface area contributed by atoms with Crippen LogP contribution in [-0.4, -0.2) is 22.5 Å². The minimum atomic E-state index is -4.56. The smallest absolute Gasteiger partial charge is 0.418 e. The molecule has 0 spiro atoms. The van der Waals surface area contributed by atoms with E-state index in [0.717, 1.165) is 47.5 Å². The summed E-state index contributed by atoms with van der Waals surface area (Å²) in [6.07, 6.45) is 0.914. The van der Waals surface area contributed by atoms with E-state index in [2.05, 4.69) is 15.3 Å². The predicted molar refractivity (Wildman–Crippen MR) is 99.6 cm³/mol. The number of carbonyl (C=O) groups excluding carboxylic acids is 1. The minimum Gasteiger partial charge on any atom is -0.467 e. The molecular weight excluding hydrogens is 391 g/mol. The second kappa shape index (κ2) is 7.38. The van der Waals surface area contributed by atoms with Gasteiger partial charge in [0.05, 0.1) is 16.6 Å². The van der Waals surface area contributed by atoms with Crippen LogP contribution >= 0.6 is 11.3 Å². The van der Waals surface area contributed by atoms with Crippen LogP contribution in [0.3, 0.4) is 0 Å². The molecule has 4 rings (SSSR count). The SMILES string of the molecule is O=C(COc1ncnc2sc3c(c12)CCCC3)Nc1ccccc1C(F)(F)F. The van der Waals surface area contributed by atoms with Gasteiger partial charge >= 0.3 is 6.18 Å². The van der Waals surface area contributed by atoms with Crippen molar-refractivity contribution < 1.29 is 22.7 Å². The van der Waals surface area contributed by atoms with Crippen molar-refractivity contribution in [2.24, 2.45) is 0 Å². The monoisotopic (exact) mass is 407 g/mol. The minimum absolute atomic E-state index is 0.295. The van der Waals surface area contributed by atoms with E-state index >= 15 is 0 Å². The number of fused-ring (bicyclic) bond motifs is 3. The lowest BCUT2D eigenvalue weighted by molar-refractivity contribution is -0.137. The van der Waals surface area contributed by atoms with Crippen LogP contribution in [0.15, 0.2) is 30.6 Å². The number of amides is 1. The molecule has 0 bridgehead atoms. The largest absolute Gasteiger partial charge is 0.467 e. The summed E-state index contributed by atoms with van der Waals surface area (Å²) in [6.45, 7) is -0.442. The van der Waals surface area contributed by atoms with E-state index in [1.54, 1.807) is 11.3 Å². The molecule has 5 nitrogen and oxygen atoms in total. The summed E-state index contributed by atoms with van der Waals surface area (Å²) >= 11 is 1.60. The summed E-state index contributed by atoms with van der Waals surface area (Å²) < 4.78 is 44.7. The Bertz CT molecular complexity index is 1030. The maximum Gasteiger partial charge on any atom is 0.418 e. The highest BCUT2D eigenvalue weighted by Gasteiger charge is 2.33. The standard InChI is InChI=1S/C19H16F3N3O2S/c20-19(21,22)12-6-2-3-7-13(12)25-15(26)9-27-17-16-11-5-1-4-8-14(11)28-18(16)24-10-23-17/h2-3,6-7,10H,1,4-5,8-9H2,(H,25,26). The first kappa shape index (κ1) is 18.7. The number of carbonyl (C=O) groups is 1. The number of aromatic nitrogens is 2. The van der Waals surface area contributed by atoms with Gasteiger partial charge in [0, 0.05) is 4.88 Å². The number of para-hydroxylation sites is 1. The summed E-state index contributed by atoms with van der Waals surface area (Å²) in [5, 5.41) is 3.08. The lowest BCUT2D eigenvalue weighted by Gasteiger charge is -2.14. The lowest BCUT2D eigenvalue weighted by Crippen LogP contribution is -2.22. The average Bonchev–Trinajstić information content (AvgIpc) is 3.05. The van der Waals surface area contributed by atoms with Gasteiger partial charge in [-0.1, -0.05) is 12.1 Å². The molecule has 1 N–H and O–H groups in total. The van der Waals surface area contributed by atoms with Gasteiger partial charge in [-0.2, -0.15) is 13.2 Å². The zero-order valence-corrected chi connectivity index (χ0v) is 15.5. The van der Waals surface area contributed by atoms with Crippen LogP contribution in [-0.2, 0) is 23.8 Å². The van der Waals surface area contributed by atoms with Gasteiger partial charge in [0.25, 0.3) is 5.91 Å². The highest BCUT2D eigenvalue weighted by atomic mass is 32.1. The number of anilines is 1. The van der Waals surface area contributed by atoms with E-state index in [9.17, 15) is 18.0 Å². The number of alkyl halides is 3. The fourth-order valence-electron chi connectivity index (χ4n) is 3.33. The Labute approximate surface area is 162 Å². The van der Waals surface area contributed by atoms with Gasteiger partial charge < -0.3 is 10.1 Å². The third kappa shape index (κ3) is 3.66. The molecule has 2 aromatic heterocycles. The van der Waals surface area contributed by atoms with Gasteiger partial charge in [-0.25, -0.2) is 9.97 Å². The predicted octanol–water partition coefficient (Wildman–Crippen LogP) is 4.61. The fraction of sp³-hybridized carbons (Fsp3) is 0.316. The second-order valence-electron chi connectivity index (χ2n) is 6.45. The van der Waals surface area contributed by atoms with E-state index < -0.39 is 24.3 Å². The maximum atomic E-state index is 13.1. The van der Waals surface area contributed by atoms with Gasteiger partial charge in [-0.3, -0.25) is 4.79 Å². The van der Waals surface area contributed by atoms with Crippen molar-refractivity contribution in [3.8, 4) is 5.88 Å². The number of benzene rings is 1. The van der Waals surface area contributed by atoms with Crippen molar-refractivity contribution in [2.45, 2.75) is 31.9 Å². The molecule has 0 aliphatic heterocycles. The summed E-state index contributed by atoms with van der Waals surface area (Å²) in [5.74, 6) is -0.392. The molecule has 3 aromatic rings. The Morgan fingerprint density at radius 2 is 1.96 bits per heavy atom. The molecular formula is C19H16F3N3O2S. The summed E-state index contributed by atoms with van der Waals surface area (Å²) in [7, 11) is 0. The van der Waals surface area contributed by atoms with E-state index in [-0.39, 0.29) is 5.69 Å². The Morgan fingerprint density at radius 3 is 2.79 bits per heavy atom. The first-order valence-corrected chi connectivity index (χ1v) is 9.59. The van der Waals surface area contributed by atoms with Crippen LogP contribution in [0, 0.1) is 0 Å². The van der Waals surface area contributed by atoms with Crippen molar-refractivity contribution in [3.05, 3.63) is 46.6 Å². The van der Waals surface area contributed by atoms with Gasteiger partial charge in [0.15, 0.2) is 6.61 Å². The molecule has 9 heteroatoms. The molecule has 0 fully saturated rings. The molecule has 1 amide bonds. The second-order valence-corrected chi connectivity index (χ2v) is 7.53. The highest BCUT2D eigenvalue weighted by Crippen LogP contribution is 2.39. The van der Waals surface area contributed by atoms with E-state index in [0.29, 0.717) is 5.88 Å². The van der Waals surface area contributed by atoms with E-state index in [1.165, 1.54) is 29.4 Å². The van der Waals surface area contributed by atoms with Crippen molar-refractivity contribution in [1.82, 2.24) is 9.97 Å². The third-order valence-corrected chi connectivity index (χ3v) is 5.76. The molecule has 146 valence electrons. The van der Waals surface area contributed by atoms with Gasteiger partial charge in [-0.05, 0) is 43.4 Å². The number of halogens is 3. The molecule has 1 aliphatic carbocycles. The van der Waals surface area contributed by atoms with Gasteiger partial charge in [-0.15, -0.1) is 11.3 Å². The van der Waals surface area contributed by atoms with Crippen LogP contribution in [0.1, 0.15) is 28.8 Å². The van der Waals surface area contributed by atoms with Crippen LogP contribution in [0.25, 0.3) is 10.2 Å². The molecule has 1 aromatic carbocycles. The quantitative estimate of drug-likeness (QED) is 0.686. The topological polar surface area (TPSA) is 64.1 Å². The molecule has 0 saturated carbocycles. The number of rotatable bonds is 4. The molecule has 0 saturated heterocycles. The van der Waals surface area contributed by atoms with E-state index in [1.807, 2.05) is 0 Å². The summed E-state index contributed by atoms with van der Waals surface area (Å²) in [5.41, 5.74) is -0.0475. The first-order valence-electron chi connectivity index (χ1n) is 8.77. The first-order chi connectivity index (χ1) is 13.4. The summed E-state index contributed by atoms with van der Waals surface area (Å²) in [4.78, 5) is 22.7. The van der Waals surface area contributed by atoms with Crippen LogP contribution < -0.4 is 10.1 Å². The Balaban J connectivity index is 1.51. The average molecular weight is 407 g/mol. The Kier molecular flexibility index (Phi) is 4.92. The molecule has 0 unspecified atom stereocenters. The lowest BCUT2D eigenvalue weighted by atomic mass is 9.97. The third-order valence-electron chi connectivity index (χ3n) is 4.56. The summed E-state index contributed by atoms with van der Waals surface area (Å²) in [6, 6.07) is 4.82. The van der Waals surface area contributed by atoms with Gasteiger partial charge in [0.2, 0.25) is 5.88 Å². The maximum absolute atomic E-state index is 13.1. The van der Waals surface area contributed by atoms with Crippen LogP contribution in [0.4, 0.5) is 18.9 Å². The molecule has 0 atom stereocenters. The zero-order chi connectivity index (χ0) is 19.7. The number of hydrogen-bond donors (Lipinski definition) is 1. The van der Waals surface area contributed by atoms with Crippen molar-refractivity contribution >= 4 is 33.1 Å². The fourth-order valence-corrected chi connectivity index (χ4v) is 4.55. The van der Waals surface area contributed by atoms with Crippen molar-refractivity contribution in [1.29, 1.82) is 0 Å². The van der Waals surface area contributed by atoms with E-state index in [4.69, 9.17) is 4.74 Å². The molecule has 1 aliphatic rings. The van der Waals surface area contributed by atoms with Crippen LogP contribution in [0.2, 0.25) is 0 Å².